The fourth-order valence-electron chi connectivity index (χ4n) is 2.08. The third kappa shape index (κ3) is 5.33. The second-order valence-corrected chi connectivity index (χ2v) is 6.18. The van der Waals surface area contributed by atoms with E-state index in [0.717, 1.165) is 5.56 Å². The van der Waals surface area contributed by atoms with Crippen molar-refractivity contribution in [2.75, 3.05) is 5.32 Å². The van der Waals surface area contributed by atoms with Gasteiger partial charge < -0.3 is 10.6 Å². The maximum atomic E-state index is 12.3. The Morgan fingerprint density at radius 2 is 2.00 bits per heavy atom. The monoisotopic (exact) mass is 395 g/mol. The number of aromatic nitrogens is 1. The van der Waals surface area contributed by atoms with Gasteiger partial charge in [-0.2, -0.15) is 0 Å². The highest BCUT2D eigenvalue weighted by Crippen LogP contribution is 2.24. The molecular formula is C16H15BrClN3O2. The van der Waals surface area contributed by atoms with Crippen LogP contribution in [0.25, 0.3) is 0 Å². The van der Waals surface area contributed by atoms with Gasteiger partial charge in [-0.15, -0.1) is 0 Å². The van der Waals surface area contributed by atoms with Gasteiger partial charge in [0.2, 0.25) is 11.8 Å². The molecule has 0 aliphatic heterocycles. The molecule has 0 aliphatic carbocycles. The number of hydrogen-bond acceptors (Lipinski definition) is 3. The van der Waals surface area contributed by atoms with Crippen molar-refractivity contribution < 1.29 is 9.59 Å². The molecule has 2 rings (SSSR count). The van der Waals surface area contributed by atoms with Crippen molar-refractivity contribution in [2.45, 2.75) is 19.4 Å². The third-order valence-corrected chi connectivity index (χ3v) is 3.78. The summed E-state index contributed by atoms with van der Waals surface area (Å²) in [5.74, 6) is -0.469. The first-order valence-electron chi connectivity index (χ1n) is 6.88. The number of hydrogen-bond donors (Lipinski definition) is 2. The highest BCUT2D eigenvalue weighted by atomic mass is 79.9. The molecule has 0 bridgehead atoms. The Labute approximate surface area is 147 Å². The largest absolute Gasteiger partial charge is 0.349 e. The molecule has 1 heterocycles. The van der Waals surface area contributed by atoms with Crippen molar-refractivity contribution in [3.8, 4) is 0 Å². The molecular weight excluding hydrogens is 382 g/mol. The van der Waals surface area contributed by atoms with Crippen LogP contribution < -0.4 is 10.6 Å². The lowest BCUT2D eigenvalue weighted by atomic mass is 10.0. The summed E-state index contributed by atoms with van der Waals surface area (Å²) in [5, 5.41) is 5.70. The van der Waals surface area contributed by atoms with Crippen LogP contribution in [-0.4, -0.2) is 16.8 Å². The summed E-state index contributed by atoms with van der Waals surface area (Å²) in [6.45, 7) is 1.42. The SMILES string of the molecule is CC(=O)N[C@H](CC(=O)Nc1cc(Br)cnc1Cl)c1ccccc1. The lowest BCUT2D eigenvalue weighted by molar-refractivity contribution is -0.120. The van der Waals surface area contributed by atoms with Crippen LogP contribution >= 0.6 is 27.5 Å². The summed E-state index contributed by atoms with van der Waals surface area (Å²) in [7, 11) is 0. The predicted molar refractivity (Wildman–Crippen MR) is 93.2 cm³/mol. The van der Waals surface area contributed by atoms with Gasteiger partial charge in [-0.25, -0.2) is 4.98 Å². The van der Waals surface area contributed by atoms with E-state index in [1.54, 1.807) is 12.3 Å². The number of pyridine rings is 1. The minimum atomic E-state index is -0.410. The average Bonchev–Trinajstić information content (AvgIpc) is 2.51. The molecule has 2 aromatic rings. The van der Waals surface area contributed by atoms with E-state index in [0.29, 0.717) is 10.2 Å². The second kappa shape index (κ2) is 8.08. The van der Waals surface area contributed by atoms with Gasteiger partial charge >= 0.3 is 0 Å². The maximum Gasteiger partial charge on any atom is 0.226 e. The number of carbonyl (C=O) groups is 2. The normalized spacial score (nSPS) is 11.6. The van der Waals surface area contributed by atoms with E-state index in [2.05, 4.69) is 31.5 Å². The van der Waals surface area contributed by atoms with Gasteiger partial charge in [-0.3, -0.25) is 9.59 Å². The van der Waals surface area contributed by atoms with Crippen LogP contribution in [0.5, 0.6) is 0 Å². The molecule has 1 atom stereocenters. The molecule has 120 valence electrons. The molecule has 0 aliphatic rings. The molecule has 0 saturated heterocycles. The van der Waals surface area contributed by atoms with Gasteiger partial charge in [0.25, 0.3) is 0 Å². The van der Waals surface area contributed by atoms with Crippen molar-refractivity contribution in [1.29, 1.82) is 0 Å². The number of anilines is 1. The Morgan fingerprint density at radius 3 is 2.65 bits per heavy atom. The molecule has 5 nitrogen and oxygen atoms in total. The molecule has 1 aromatic heterocycles. The molecule has 2 amide bonds. The second-order valence-electron chi connectivity index (χ2n) is 4.91. The molecule has 0 saturated carbocycles. The van der Waals surface area contributed by atoms with Crippen molar-refractivity contribution in [1.82, 2.24) is 10.3 Å². The first-order valence-corrected chi connectivity index (χ1v) is 8.05. The molecule has 2 N–H and O–H groups in total. The van der Waals surface area contributed by atoms with E-state index in [-0.39, 0.29) is 23.4 Å². The molecule has 1 aromatic carbocycles. The van der Waals surface area contributed by atoms with Crippen molar-refractivity contribution >= 4 is 45.0 Å². The minimum Gasteiger partial charge on any atom is -0.349 e. The summed E-state index contributed by atoms with van der Waals surface area (Å²) >= 11 is 9.24. The predicted octanol–water partition coefficient (Wildman–Crippen LogP) is 3.70. The topological polar surface area (TPSA) is 71.1 Å². The van der Waals surface area contributed by atoms with E-state index in [1.807, 2.05) is 30.3 Å². The summed E-state index contributed by atoms with van der Waals surface area (Å²) in [6, 6.07) is 10.6. The van der Waals surface area contributed by atoms with Crippen LogP contribution in [0.1, 0.15) is 24.9 Å². The van der Waals surface area contributed by atoms with E-state index < -0.39 is 6.04 Å². The van der Waals surface area contributed by atoms with Crippen molar-refractivity contribution in [2.24, 2.45) is 0 Å². The van der Waals surface area contributed by atoms with Crippen LogP contribution in [0, 0.1) is 0 Å². The van der Waals surface area contributed by atoms with E-state index in [9.17, 15) is 9.59 Å². The lowest BCUT2D eigenvalue weighted by Gasteiger charge is -2.18. The summed E-state index contributed by atoms with van der Waals surface area (Å²) in [5.41, 5.74) is 1.27. The molecule has 7 heteroatoms. The molecule has 0 radical (unpaired) electrons. The lowest BCUT2D eigenvalue weighted by Crippen LogP contribution is -2.29. The number of nitrogens with one attached hydrogen (secondary N) is 2. The fraction of sp³-hybridized carbons (Fsp3) is 0.188. The Hall–Kier alpha value is -1.92. The van der Waals surface area contributed by atoms with Crippen LogP contribution in [0.2, 0.25) is 5.15 Å². The molecule has 0 unspecified atom stereocenters. The number of nitrogens with zero attached hydrogens (tertiary/aromatic N) is 1. The van der Waals surface area contributed by atoms with Gasteiger partial charge in [-0.05, 0) is 27.6 Å². The highest BCUT2D eigenvalue weighted by Gasteiger charge is 2.18. The number of benzene rings is 1. The van der Waals surface area contributed by atoms with Crippen LogP contribution in [0.3, 0.4) is 0 Å². The summed E-state index contributed by atoms with van der Waals surface area (Å²) in [6.07, 6.45) is 1.63. The van der Waals surface area contributed by atoms with Crippen LogP contribution in [0.4, 0.5) is 5.69 Å². The van der Waals surface area contributed by atoms with Crippen molar-refractivity contribution in [3.05, 3.63) is 57.8 Å². The Morgan fingerprint density at radius 1 is 1.30 bits per heavy atom. The van der Waals surface area contributed by atoms with Crippen molar-refractivity contribution in [3.63, 3.8) is 0 Å². The van der Waals surface area contributed by atoms with Gasteiger partial charge in [0.05, 0.1) is 18.2 Å². The number of rotatable bonds is 5. The van der Waals surface area contributed by atoms with E-state index >= 15 is 0 Å². The zero-order valence-electron chi connectivity index (χ0n) is 12.3. The average molecular weight is 397 g/mol. The van der Waals surface area contributed by atoms with Gasteiger partial charge in [-0.1, -0.05) is 41.9 Å². The van der Waals surface area contributed by atoms with Crippen LogP contribution in [0.15, 0.2) is 47.1 Å². The number of carbonyl (C=O) groups excluding carboxylic acids is 2. The molecule has 0 fully saturated rings. The van der Waals surface area contributed by atoms with E-state index in [1.165, 1.54) is 6.92 Å². The van der Waals surface area contributed by atoms with Gasteiger partial charge in [0.1, 0.15) is 0 Å². The first kappa shape index (κ1) is 17.4. The molecule has 0 spiro atoms. The third-order valence-electron chi connectivity index (χ3n) is 3.05. The summed E-state index contributed by atoms with van der Waals surface area (Å²) in [4.78, 5) is 27.6. The number of halogens is 2. The Kier molecular flexibility index (Phi) is 6.12. The quantitative estimate of drug-likeness (QED) is 0.757. The molecule has 23 heavy (non-hydrogen) atoms. The Bertz CT molecular complexity index is 710. The minimum absolute atomic E-state index is 0.0897. The standard InChI is InChI=1S/C16H15BrClN3O2/c1-10(22)20-13(11-5-3-2-4-6-11)8-15(23)21-14-7-12(17)9-19-16(14)18/h2-7,9,13H,8H2,1H3,(H,20,22)(H,21,23)/t13-/m1/s1. The zero-order chi connectivity index (χ0) is 16.8. The first-order chi connectivity index (χ1) is 11.0. The Balaban J connectivity index is 2.11. The zero-order valence-corrected chi connectivity index (χ0v) is 14.7. The van der Waals surface area contributed by atoms with Gasteiger partial charge in [0.15, 0.2) is 5.15 Å². The van der Waals surface area contributed by atoms with E-state index in [4.69, 9.17) is 11.6 Å². The van der Waals surface area contributed by atoms with Crippen LogP contribution in [-0.2, 0) is 9.59 Å². The smallest absolute Gasteiger partial charge is 0.226 e. The highest BCUT2D eigenvalue weighted by molar-refractivity contribution is 9.10. The summed E-state index contributed by atoms with van der Waals surface area (Å²) < 4.78 is 0.707. The maximum absolute atomic E-state index is 12.3. The van der Waals surface area contributed by atoms with Gasteiger partial charge in [0, 0.05) is 17.6 Å². The number of amides is 2. The fourth-order valence-corrected chi connectivity index (χ4v) is 2.56.